The summed E-state index contributed by atoms with van der Waals surface area (Å²) in [6.07, 6.45) is -3.25. The van der Waals surface area contributed by atoms with E-state index in [0.717, 1.165) is 45.7 Å². The lowest BCUT2D eigenvalue weighted by molar-refractivity contribution is -0.137. The molecule has 0 aliphatic carbocycles. The molecule has 2 aromatic rings. The van der Waals surface area contributed by atoms with Crippen LogP contribution in [0.1, 0.15) is 36.5 Å². The first kappa shape index (κ1) is 23.3. The summed E-state index contributed by atoms with van der Waals surface area (Å²) in [4.78, 5) is 12.4. The lowest BCUT2D eigenvalue weighted by Crippen LogP contribution is -2.41. The number of amides is 1. The van der Waals surface area contributed by atoms with Crippen molar-refractivity contribution in [2.24, 2.45) is 5.92 Å². The average Bonchev–Trinajstić information content (AvgIpc) is 2.74. The van der Waals surface area contributed by atoms with Gasteiger partial charge in [0.15, 0.2) is 0 Å². The first-order valence-corrected chi connectivity index (χ1v) is 11.5. The number of rotatable bonds is 5. The van der Waals surface area contributed by atoms with Gasteiger partial charge in [0.25, 0.3) is 0 Å². The van der Waals surface area contributed by atoms with Gasteiger partial charge in [0.1, 0.15) is 0 Å². The van der Waals surface area contributed by atoms with Gasteiger partial charge in [-0.2, -0.15) is 17.5 Å². The first-order chi connectivity index (χ1) is 14.5. The number of anilines is 1. The topological polar surface area (TPSA) is 66.5 Å². The Kier molecular flexibility index (Phi) is 6.76. The molecule has 1 heterocycles. The highest BCUT2D eigenvalue weighted by Crippen LogP contribution is 2.32. The summed E-state index contributed by atoms with van der Waals surface area (Å²) in [5.41, 5.74) is 1.76. The van der Waals surface area contributed by atoms with E-state index < -0.39 is 26.7 Å². The Labute approximate surface area is 180 Å². The molecule has 0 atom stereocenters. The molecule has 1 saturated heterocycles. The SMILES string of the molecule is CCc1cccc(C)c1NC(=O)C1CCN(S(=O)(=O)c2cccc(C(F)(F)F)c2)CC1. The monoisotopic (exact) mass is 454 g/mol. The Balaban J connectivity index is 1.69. The van der Waals surface area contributed by atoms with E-state index in [2.05, 4.69) is 5.32 Å². The van der Waals surface area contributed by atoms with Gasteiger partial charge in [-0.25, -0.2) is 8.42 Å². The molecule has 0 radical (unpaired) electrons. The summed E-state index contributed by atoms with van der Waals surface area (Å²) in [6, 6.07) is 9.54. The molecule has 9 heteroatoms. The van der Waals surface area contributed by atoms with Crippen molar-refractivity contribution >= 4 is 21.6 Å². The number of alkyl halides is 3. The van der Waals surface area contributed by atoms with E-state index in [1.807, 2.05) is 32.0 Å². The van der Waals surface area contributed by atoms with E-state index >= 15 is 0 Å². The van der Waals surface area contributed by atoms with Crippen LogP contribution in [0.25, 0.3) is 0 Å². The van der Waals surface area contributed by atoms with Crippen molar-refractivity contribution in [3.63, 3.8) is 0 Å². The van der Waals surface area contributed by atoms with Gasteiger partial charge in [0.2, 0.25) is 15.9 Å². The van der Waals surface area contributed by atoms with Gasteiger partial charge < -0.3 is 5.32 Å². The zero-order valence-electron chi connectivity index (χ0n) is 17.4. The molecule has 2 aromatic carbocycles. The van der Waals surface area contributed by atoms with Crippen molar-refractivity contribution in [3.8, 4) is 0 Å². The minimum absolute atomic E-state index is 0.0745. The number of piperidine rings is 1. The lowest BCUT2D eigenvalue weighted by Gasteiger charge is -2.31. The Morgan fingerprint density at radius 3 is 2.39 bits per heavy atom. The van der Waals surface area contributed by atoms with Gasteiger partial charge in [-0.1, -0.05) is 31.2 Å². The summed E-state index contributed by atoms with van der Waals surface area (Å²) in [6.45, 7) is 4.07. The number of aryl methyl sites for hydroxylation is 2. The number of nitrogens with zero attached hydrogens (tertiary/aromatic N) is 1. The van der Waals surface area contributed by atoms with Crippen LogP contribution in [0.5, 0.6) is 0 Å². The molecule has 1 amide bonds. The highest BCUT2D eigenvalue weighted by atomic mass is 32.2. The molecule has 1 aliphatic heterocycles. The minimum atomic E-state index is -4.62. The molecule has 1 N–H and O–H groups in total. The number of nitrogens with one attached hydrogen (secondary N) is 1. The number of benzene rings is 2. The Morgan fingerprint density at radius 2 is 1.77 bits per heavy atom. The van der Waals surface area contributed by atoms with Crippen molar-refractivity contribution in [1.29, 1.82) is 0 Å². The van der Waals surface area contributed by atoms with Crippen LogP contribution in [0.2, 0.25) is 0 Å². The van der Waals surface area contributed by atoms with E-state index in [-0.39, 0.29) is 24.9 Å². The predicted octanol–water partition coefficient (Wildman–Crippen LogP) is 4.62. The highest BCUT2D eigenvalue weighted by molar-refractivity contribution is 7.89. The molecule has 5 nitrogen and oxygen atoms in total. The average molecular weight is 455 g/mol. The molecular formula is C22H25F3N2O3S. The third-order valence-corrected chi connectivity index (χ3v) is 7.51. The molecular weight excluding hydrogens is 429 g/mol. The van der Waals surface area contributed by atoms with Crippen LogP contribution < -0.4 is 5.32 Å². The molecule has 0 bridgehead atoms. The quantitative estimate of drug-likeness (QED) is 0.717. The second-order valence-corrected chi connectivity index (χ2v) is 9.59. The largest absolute Gasteiger partial charge is 0.416 e. The zero-order valence-corrected chi connectivity index (χ0v) is 18.2. The maximum absolute atomic E-state index is 12.9. The third kappa shape index (κ3) is 5.10. The summed E-state index contributed by atoms with van der Waals surface area (Å²) in [5, 5.41) is 2.98. The fourth-order valence-electron chi connectivity index (χ4n) is 3.77. The van der Waals surface area contributed by atoms with E-state index in [1.165, 1.54) is 0 Å². The normalized spacial score (nSPS) is 16.3. The molecule has 168 valence electrons. The summed E-state index contributed by atoms with van der Waals surface area (Å²) in [7, 11) is -4.07. The summed E-state index contributed by atoms with van der Waals surface area (Å²) < 4.78 is 65.6. The number of hydrogen-bond donors (Lipinski definition) is 1. The molecule has 0 spiro atoms. The Morgan fingerprint density at radius 1 is 1.13 bits per heavy atom. The van der Waals surface area contributed by atoms with E-state index in [0.29, 0.717) is 18.9 Å². The summed E-state index contributed by atoms with van der Waals surface area (Å²) in [5.74, 6) is -0.530. The number of carbonyl (C=O) groups excluding carboxylic acids is 1. The number of halogens is 3. The van der Waals surface area contributed by atoms with Crippen LogP contribution in [0.4, 0.5) is 18.9 Å². The van der Waals surface area contributed by atoms with Crippen LogP contribution in [0.15, 0.2) is 47.4 Å². The minimum Gasteiger partial charge on any atom is -0.325 e. The van der Waals surface area contributed by atoms with Crippen molar-refractivity contribution in [2.75, 3.05) is 18.4 Å². The van der Waals surface area contributed by atoms with E-state index in [9.17, 15) is 26.4 Å². The second-order valence-electron chi connectivity index (χ2n) is 7.66. The second kappa shape index (κ2) is 9.00. The van der Waals surface area contributed by atoms with Gasteiger partial charge in [-0.3, -0.25) is 4.79 Å². The van der Waals surface area contributed by atoms with Crippen LogP contribution >= 0.6 is 0 Å². The third-order valence-electron chi connectivity index (χ3n) is 5.61. The molecule has 0 aromatic heterocycles. The molecule has 1 fully saturated rings. The molecule has 0 saturated carbocycles. The molecule has 1 aliphatic rings. The molecule has 3 rings (SSSR count). The van der Waals surface area contributed by atoms with Gasteiger partial charge in [-0.15, -0.1) is 0 Å². The van der Waals surface area contributed by atoms with Crippen LogP contribution in [0, 0.1) is 12.8 Å². The summed E-state index contributed by atoms with van der Waals surface area (Å²) >= 11 is 0. The van der Waals surface area contributed by atoms with E-state index in [4.69, 9.17) is 0 Å². The van der Waals surface area contributed by atoms with E-state index in [1.54, 1.807) is 0 Å². The first-order valence-electron chi connectivity index (χ1n) is 10.1. The predicted molar refractivity (Wildman–Crippen MR) is 112 cm³/mol. The standard InChI is InChI=1S/C22H25F3N2O3S/c1-3-16-7-4-6-15(2)20(16)26-21(28)17-10-12-27(13-11-17)31(29,30)19-9-5-8-18(14-19)22(23,24)25/h4-9,14,17H,3,10-13H2,1-2H3,(H,26,28). The van der Waals surface area contributed by atoms with Crippen LogP contribution in [-0.2, 0) is 27.4 Å². The fourth-order valence-corrected chi connectivity index (χ4v) is 5.28. The van der Waals surface area contributed by atoms with Gasteiger partial charge in [0.05, 0.1) is 10.5 Å². The number of sulfonamides is 1. The van der Waals surface area contributed by atoms with Gasteiger partial charge >= 0.3 is 6.18 Å². The lowest BCUT2D eigenvalue weighted by atomic mass is 9.96. The van der Waals surface area contributed by atoms with Crippen molar-refractivity contribution < 1.29 is 26.4 Å². The molecule has 31 heavy (non-hydrogen) atoms. The number of para-hydroxylation sites is 1. The maximum atomic E-state index is 12.9. The zero-order chi connectivity index (χ0) is 22.8. The smallest absolute Gasteiger partial charge is 0.325 e. The van der Waals surface area contributed by atoms with Gasteiger partial charge in [-0.05, 0) is 55.5 Å². The fraction of sp³-hybridized carbons (Fsp3) is 0.409. The Bertz CT molecular complexity index is 1060. The number of carbonyl (C=O) groups is 1. The van der Waals surface area contributed by atoms with Crippen molar-refractivity contribution in [2.45, 2.75) is 44.2 Å². The molecule has 0 unspecified atom stereocenters. The highest BCUT2D eigenvalue weighted by Gasteiger charge is 2.35. The van der Waals surface area contributed by atoms with Gasteiger partial charge in [0, 0.05) is 24.7 Å². The van der Waals surface area contributed by atoms with Crippen molar-refractivity contribution in [3.05, 3.63) is 59.2 Å². The number of hydrogen-bond acceptors (Lipinski definition) is 3. The maximum Gasteiger partial charge on any atom is 0.416 e. The van der Waals surface area contributed by atoms with Crippen LogP contribution in [0.3, 0.4) is 0 Å². The van der Waals surface area contributed by atoms with Crippen LogP contribution in [-0.4, -0.2) is 31.7 Å². The van der Waals surface area contributed by atoms with Crippen molar-refractivity contribution in [1.82, 2.24) is 4.31 Å². The Hall–Kier alpha value is -2.39.